The Hall–Kier alpha value is -2.67. The standard InChI is InChI=1S/C13H13NO6/c15-7-9-1-3-10(4-2-9)19-8-13(18)20-14-11(16)5-6-12(14)17/h1-6,15-17H,7-8H2. The summed E-state index contributed by atoms with van der Waals surface area (Å²) in [6, 6.07) is 8.87. The van der Waals surface area contributed by atoms with Crippen LogP contribution in [0.15, 0.2) is 36.4 Å². The monoisotopic (exact) mass is 279 g/mol. The van der Waals surface area contributed by atoms with Gasteiger partial charge in [-0.15, -0.1) is 4.73 Å². The molecule has 7 heteroatoms. The second kappa shape index (κ2) is 5.98. The van der Waals surface area contributed by atoms with Crippen LogP contribution in [0.2, 0.25) is 0 Å². The quantitative estimate of drug-likeness (QED) is 0.733. The van der Waals surface area contributed by atoms with E-state index in [0.29, 0.717) is 10.5 Å². The number of ether oxygens (including phenoxy) is 1. The Morgan fingerprint density at radius 3 is 2.20 bits per heavy atom. The predicted molar refractivity (Wildman–Crippen MR) is 67.2 cm³/mol. The molecule has 0 saturated heterocycles. The number of aromatic hydroxyl groups is 2. The highest BCUT2D eigenvalue weighted by Gasteiger charge is 2.12. The number of aliphatic hydroxyl groups excluding tert-OH is 1. The minimum atomic E-state index is -0.793. The SMILES string of the molecule is O=C(COc1ccc(CO)cc1)On1c(O)ccc1O. The van der Waals surface area contributed by atoms with Crippen molar-refractivity contribution in [1.82, 2.24) is 4.73 Å². The van der Waals surface area contributed by atoms with Crippen molar-refractivity contribution in [2.75, 3.05) is 6.61 Å². The second-order valence-electron chi connectivity index (χ2n) is 3.90. The fraction of sp³-hybridized carbons (Fsp3) is 0.154. The highest BCUT2D eigenvalue weighted by atomic mass is 16.7. The molecule has 0 amide bonds. The summed E-state index contributed by atoms with van der Waals surface area (Å²) in [4.78, 5) is 16.2. The van der Waals surface area contributed by atoms with Crippen LogP contribution in [-0.2, 0) is 11.4 Å². The third kappa shape index (κ3) is 3.21. The Bertz CT molecular complexity index is 570. The highest BCUT2D eigenvalue weighted by molar-refractivity contribution is 5.71. The lowest BCUT2D eigenvalue weighted by Gasteiger charge is -2.08. The third-order valence-corrected chi connectivity index (χ3v) is 2.45. The molecule has 0 radical (unpaired) electrons. The Kier molecular flexibility index (Phi) is 4.11. The molecule has 2 aromatic rings. The lowest BCUT2D eigenvalue weighted by atomic mass is 10.2. The lowest BCUT2D eigenvalue weighted by molar-refractivity contribution is -0.147. The molecule has 0 fully saturated rings. The number of rotatable bonds is 5. The van der Waals surface area contributed by atoms with Crippen molar-refractivity contribution in [3.63, 3.8) is 0 Å². The first-order chi connectivity index (χ1) is 9.60. The van der Waals surface area contributed by atoms with E-state index in [2.05, 4.69) is 0 Å². The van der Waals surface area contributed by atoms with Gasteiger partial charge >= 0.3 is 5.97 Å². The summed E-state index contributed by atoms with van der Waals surface area (Å²) in [5.74, 6) is -1.16. The summed E-state index contributed by atoms with van der Waals surface area (Å²) in [7, 11) is 0. The minimum absolute atomic E-state index is 0.0749. The van der Waals surface area contributed by atoms with E-state index in [0.717, 1.165) is 5.56 Å². The van der Waals surface area contributed by atoms with E-state index in [1.807, 2.05) is 0 Å². The molecule has 106 valence electrons. The predicted octanol–water partition coefficient (Wildman–Crippen LogP) is 0.426. The van der Waals surface area contributed by atoms with Gasteiger partial charge in [-0.2, -0.15) is 0 Å². The maximum atomic E-state index is 11.5. The summed E-state index contributed by atoms with van der Waals surface area (Å²) in [6.45, 7) is -0.468. The van der Waals surface area contributed by atoms with Crippen LogP contribution in [0, 0.1) is 0 Å². The van der Waals surface area contributed by atoms with Crippen molar-refractivity contribution in [1.29, 1.82) is 0 Å². The van der Waals surface area contributed by atoms with Gasteiger partial charge in [0.05, 0.1) is 6.61 Å². The third-order valence-electron chi connectivity index (χ3n) is 2.45. The molecule has 1 aromatic heterocycles. The van der Waals surface area contributed by atoms with Gasteiger partial charge in [-0.1, -0.05) is 12.1 Å². The minimum Gasteiger partial charge on any atom is -0.492 e. The van der Waals surface area contributed by atoms with Gasteiger partial charge in [0.2, 0.25) is 11.8 Å². The van der Waals surface area contributed by atoms with Crippen LogP contribution in [0.25, 0.3) is 0 Å². The van der Waals surface area contributed by atoms with Gasteiger partial charge in [-0.3, -0.25) is 0 Å². The van der Waals surface area contributed by atoms with E-state index >= 15 is 0 Å². The van der Waals surface area contributed by atoms with E-state index in [4.69, 9.17) is 14.7 Å². The summed E-state index contributed by atoms with van der Waals surface area (Å²) >= 11 is 0. The molecule has 0 aliphatic heterocycles. The maximum Gasteiger partial charge on any atom is 0.370 e. The van der Waals surface area contributed by atoms with E-state index in [9.17, 15) is 15.0 Å². The maximum absolute atomic E-state index is 11.5. The summed E-state index contributed by atoms with van der Waals surface area (Å²) in [5.41, 5.74) is 0.724. The highest BCUT2D eigenvalue weighted by Crippen LogP contribution is 2.18. The number of hydrogen-bond donors (Lipinski definition) is 3. The fourth-order valence-electron chi connectivity index (χ4n) is 1.46. The van der Waals surface area contributed by atoms with Gasteiger partial charge < -0.3 is 24.9 Å². The number of carbonyl (C=O) groups is 1. The lowest BCUT2D eigenvalue weighted by Crippen LogP contribution is -2.24. The molecule has 0 spiro atoms. The topological polar surface area (TPSA) is 101 Å². The summed E-state index contributed by atoms with van der Waals surface area (Å²) in [5, 5.41) is 27.4. The molecule has 0 bridgehead atoms. The van der Waals surface area contributed by atoms with Gasteiger partial charge in [0, 0.05) is 12.1 Å². The first kappa shape index (κ1) is 13.8. The number of carbonyl (C=O) groups excluding carboxylic acids is 1. The molecule has 1 heterocycles. The van der Waals surface area contributed by atoms with Gasteiger partial charge in [0.25, 0.3) is 0 Å². The van der Waals surface area contributed by atoms with Crippen molar-refractivity contribution < 1.29 is 29.7 Å². The van der Waals surface area contributed by atoms with Crippen LogP contribution in [-0.4, -0.2) is 32.6 Å². The number of hydrogen-bond acceptors (Lipinski definition) is 6. The van der Waals surface area contributed by atoms with Crippen LogP contribution in [0.1, 0.15) is 5.56 Å². The van der Waals surface area contributed by atoms with Gasteiger partial charge in [-0.05, 0) is 17.7 Å². The molecule has 3 N–H and O–H groups in total. The summed E-state index contributed by atoms with van der Waals surface area (Å²) in [6.07, 6.45) is 0. The average Bonchev–Trinajstić information content (AvgIpc) is 2.77. The molecule has 0 aliphatic rings. The van der Waals surface area contributed by atoms with E-state index in [1.54, 1.807) is 24.3 Å². The van der Waals surface area contributed by atoms with Crippen molar-refractivity contribution >= 4 is 5.97 Å². The molecule has 2 rings (SSSR count). The molecule has 20 heavy (non-hydrogen) atoms. The van der Waals surface area contributed by atoms with Crippen molar-refractivity contribution in [2.45, 2.75) is 6.61 Å². The average molecular weight is 279 g/mol. The fourth-order valence-corrected chi connectivity index (χ4v) is 1.46. The zero-order valence-corrected chi connectivity index (χ0v) is 10.4. The first-order valence-corrected chi connectivity index (χ1v) is 5.73. The number of aliphatic hydroxyl groups is 1. The Morgan fingerprint density at radius 1 is 1.05 bits per heavy atom. The van der Waals surface area contributed by atoms with Crippen molar-refractivity contribution in [2.24, 2.45) is 0 Å². The molecule has 1 aromatic carbocycles. The number of aromatic nitrogens is 1. The molecule has 0 atom stereocenters. The molecular formula is C13H13NO6. The number of nitrogens with zero attached hydrogens (tertiary/aromatic N) is 1. The van der Waals surface area contributed by atoms with Crippen LogP contribution >= 0.6 is 0 Å². The van der Waals surface area contributed by atoms with E-state index < -0.39 is 24.3 Å². The molecule has 7 nitrogen and oxygen atoms in total. The van der Waals surface area contributed by atoms with Crippen LogP contribution in [0.4, 0.5) is 0 Å². The van der Waals surface area contributed by atoms with Crippen LogP contribution in [0.3, 0.4) is 0 Å². The smallest absolute Gasteiger partial charge is 0.370 e. The normalized spacial score (nSPS) is 10.2. The first-order valence-electron chi connectivity index (χ1n) is 5.73. The van der Waals surface area contributed by atoms with Gasteiger partial charge in [-0.25, -0.2) is 4.79 Å². The van der Waals surface area contributed by atoms with Crippen molar-refractivity contribution in [3.8, 4) is 17.5 Å². The molecule has 0 saturated carbocycles. The molecular weight excluding hydrogens is 266 g/mol. The zero-order chi connectivity index (χ0) is 14.5. The molecule has 0 aliphatic carbocycles. The van der Waals surface area contributed by atoms with Gasteiger partial charge in [0.15, 0.2) is 6.61 Å². The largest absolute Gasteiger partial charge is 0.492 e. The Labute approximate surface area is 114 Å². The van der Waals surface area contributed by atoms with Crippen LogP contribution < -0.4 is 9.57 Å². The number of benzene rings is 1. The second-order valence-corrected chi connectivity index (χ2v) is 3.90. The van der Waals surface area contributed by atoms with Crippen LogP contribution in [0.5, 0.6) is 17.5 Å². The Balaban J connectivity index is 1.89. The van der Waals surface area contributed by atoms with Crippen molar-refractivity contribution in [3.05, 3.63) is 42.0 Å². The zero-order valence-electron chi connectivity index (χ0n) is 10.4. The van der Waals surface area contributed by atoms with E-state index in [-0.39, 0.29) is 6.61 Å². The van der Waals surface area contributed by atoms with E-state index in [1.165, 1.54) is 12.1 Å². The molecule has 0 unspecified atom stereocenters. The Morgan fingerprint density at radius 2 is 1.65 bits per heavy atom. The summed E-state index contributed by atoms with van der Waals surface area (Å²) < 4.78 is 5.75. The van der Waals surface area contributed by atoms with Gasteiger partial charge in [0.1, 0.15) is 5.75 Å².